The number of piperazine rings is 1. The molecule has 1 saturated heterocycles. The lowest BCUT2D eigenvalue weighted by Gasteiger charge is -2.35. The Morgan fingerprint density at radius 3 is 2.74 bits per heavy atom. The van der Waals surface area contributed by atoms with Crippen molar-refractivity contribution in [2.45, 2.75) is 26.3 Å². The Bertz CT molecular complexity index is 621. The molecular weight excluding hydrogens is 298 g/mol. The smallest absolute Gasteiger partial charge is 0.354 e. The summed E-state index contributed by atoms with van der Waals surface area (Å²) in [5.41, 5.74) is 0.689. The van der Waals surface area contributed by atoms with Crippen molar-refractivity contribution in [1.82, 2.24) is 14.8 Å². The predicted molar refractivity (Wildman–Crippen MR) is 84.0 cm³/mol. The lowest BCUT2D eigenvalue weighted by Crippen LogP contribution is -2.57. The SMILES string of the molecule is COC(=O)c1cc(C(=O)N2CCNC(=O)C2CC(C)C)cn1C. The first kappa shape index (κ1) is 17.1. The minimum Gasteiger partial charge on any atom is -0.464 e. The van der Waals surface area contributed by atoms with Gasteiger partial charge >= 0.3 is 5.97 Å². The molecule has 1 N–H and O–H groups in total. The van der Waals surface area contributed by atoms with Crippen LogP contribution < -0.4 is 5.32 Å². The first-order valence-electron chi connectivity index (χ1n) is 7.68. The summed E-state index contributed by atoms with van der Waals surface area (Å²) in [6.07, 6.45) is 2.20. The van der Waals surface area contributed by atoms with Crippen LogP contribution in [0.15, 0.2) is 12.3 Å². The van der Waals surface area contributed by atoms with Crippen LogP contribution in [0, 0.1) is 5.92 Å². The Labute approximate surface area is 135 Å². The lowest BCUT2D eigenvalue weighted by atomic mass is 9.99. The van der Waals surface area contributed by atoms with Gasteiger partial charge in [0, 0.05) is 26.3 Å². The second-order valence-electron chi connectivity index (χ2n) is 6.15. The summed E-state index contributed by atoms with van der Waals surface area (Å²) < 4.78 is 6.25. The molecule has 23 heavy (non-hydrogen) atoms. The Kier molecular flexibility index (Phi) is 5.08. The number of carbonyl (C=O) groups excluding carboxylic acids is 3. The van der Waals surface area contributed by atoms with Gasteiger partial charge in [0.1, 0.15) is 11.7 Å². The molecule has 126 valence electrons. The summed E-state index contributed by atoms with van der Waals surface area (Å²) in [5.74, 6) is -0.569. The molecule has 0 saturated carbocycles. The van der Waals surface area contributed by atoms with Crippen molar-refractivity contribution < 1.29 is 19.1 Å². The standard InChI is InChI=1S/C16H23N3O4/c1-10(2)7-12-14(20)17-5-6-19(12)15(21)11-8-13(16(22)23-4)18(3)9-11/h8-10,12H,5-7H2,1-4H3,(H,17,20). The van der Waals surface area contributed by atoms with Crippen molar-refractivity contribution in [2.24, 2.45) is 13.0 Å². The summed E-state index contributed by atoms with van der Waals surface area (Å²) >= 11 is 0. The number of nitrogens with one attached hydrogen (secondary N) is 1. The molecule has 1 aromatic heterocycles. The van der Waals surface area contributed by atoms with Gasteiger partial charge in [0.15, 0.2) is 0 Å². The third kappa shape index (κ3) is 3.55. The van der Waals surface area contributed by atoms with Crippen LogP contribution in [0.3, 0.4) is 0 Å². The van der Waals surface area contributed by atoms with E-state index < -0.39 is 12.0 Å². The van der Waals surface area contributed by atoms with E-state index in [0.29, 0.717) is 36.7 Å². The summed E-state index contributed by atoms with van der Waals surface area (Å²) in [6.45, 7) is 4.94. The zero-order valence-corrected chi connectivity index (χ0v) is 14.0. The first-order chi connectivity index (χ1) is 10.8. The monoisotopic (exact) mass is 321 g/mol. The average molecular weight is 321 g/mol. The largest absolute Gasteiger partial charge is 0.464 e. The molecule has 1 aliphatic rings. The summed E-state index contributed by atoms with van der Waals surface area (Å²) in [5, 5.41) is 2.81. The third-order valence-electron chi connectivity index (χ3n) is 3.93. The maximum atomic E-state index is 12.8. The Morgan fingerprint density at radius 2 is 2.13 bits per heavy atom. The van der Waals surface area contributed by atoms with Crippen molar-refractivity contribution in [2.75, 3.05) is 20.2 Å². The highest BCUT2D eigenvalue weighted by molar-refractivity contribution is 6.00. The minimum atomic E-state index is -0.498. The van der Waals surface area contributed by atoms with Gasteiger partial charge in [0.05, 0.1) is 12.7 Å². The number of methoxy groups -OCH3 is 1. The number of nitrogens with zero attached hydrogens (tertiary/aromatic N) is 2. The van der Waals surface area contributed by atoms with Gasteiger partial charge in [0.2, 0.25) is 5.91 Å². The van der Waals surface area contributed by atoms with E-state index in [0.717, 1.165) is 0 Å². The van der Waals surface area contributed by atoms with E-state index in [2.05, 4.69) is 5.32 Å². The quantitative estimate of drug-likeness (QED) is 0.832. The second-order valence-corrected chi connectivity index (χ2v) is 6.15. The maximum Gasteiger partial charge on any atom is 0.354 e. The van der Waals surface area contributed by atoms with Crippen molar-refractivity contribution in [3.8, 4) is 0 Å². The molecule has 2 amide bonds. The Hall–Kier alpha value is -2.31. The van der Waals surface area contributed by atoms with Crippen LogP contribution in [0.1, 0.15) is 41.1 Å². The van der Waals surface area contributed by atoms with Crippen molar-refractivity contribution in [3.63, 3.8) is 0 Å². The highest BCUT2D eigenvalue weighted by Gasteiger charge is 2.34. The van der Waals surface area contributed by atoms with E-state index in [9.17, 15) is 14.4 Å². The Morgan fingerprint density at radius 1 is 1.43 bits per heavy atom. The number of hydrogen-bond donors (Lipinski definition) is 1. The molecule has 0 aliphatic carbocycles. The highest BCUT2D eigenvalue weighted by atomic mass is 16.5. The van der Waals surface area contributed by atoms with Crippen LogP contribution in [-0.4, -0.2) is 53.5 Å². The fourth-order valence-corrected chi connectivity index (χ4v) is 2.79. The van der Waals surface area contributed by atoms with Crippen LogP contribution >= 0.6 is 0 Å². The summed E-state index contributed by atoms with van der Waals surface area (Å²) in [4.78, 5) is 38.2. The lowest BCUT2D eigenvalue weighted by molar-refractivity contribution is -0.128. The van der Waals surface area contributed by atoms with Crippen LogP contribution in [0.4, 0.5) is 0 Å². The van der Waals surface area contributed by atoms with Gasteiger partial charge in [-0.25, -0.2) is 4.79 Å². The topological polar surface area (TPSA) is 80.6 Å². The number of esters is 1. The maximum absolute atomic E-state index is 12.8. The number of ether oxygens (including phenoxy) is 1. The van der Waals surface area contributed by atoms with E-state index in [1.54, 1.807) is 22.7 Å². The van der Waals surface area contributed by atoms with Crippen LogP contribution in [0.25, 0.3) is 0 Å². The molecular formula is C16H23N3O4. The van der Waals surface area contributed by atoms with Gasteiger partial charge in [-0.2, -0.15) is 0 Å². The molecule has 0 bridgehead atoms. The molecule has 7 nitrogen and oxygen atoms in total. The van der Waals surface area contributed by atoms with Gasteiger partial charge in [-0.15, -0.1) is 0 Å². The van der Waals surface area contributed by atoms with Crippen molar-refractivity contribution in [1.29, 1.82) is 0 Å². The molecule has 7 heteroatoms. The fraction of sp³-hybridized carbons (Fsp3) is 0.562. The number of aryl methyl sites for hydroxylation is 1. The minimum absolute atomic E-state index is 0.123. The van der Waals surface area contributed by atoms with Crippen LogP contribution in [0.5, 0.6) is 0 Å². The molecule has 0 radical (unpaired) electrons. The Balaban J connectivity index is 2.27. The number of carbonyl (C=O) groups is 3. The molecule has 1 aliphatic heterocycles. The van der Waals surface area contributed by atoms with Gasteiger partial charge in [-0.3, -0.25) is 9.59 Å². The van der Waals surface area contributed by atoms with E-state index in [1.165, 1.54) is 13.2 Å². The number of aromatic nitrogens is 1. The van der Waals surface area contributed by atoms with E-state index in [-0.39, 0.29) is 11.8 Å². The molecule has 0 spiro atoms. The molecule has 1 aromatic rings. The predicted octanol–water partition coefficient (Wildman–Crippen LogP) is 0.798. The molecule has 1 fully saturated rings. The zero-order chi connectivity index (χ0) is 17.1. The summed E-state index contributed by atoms with van der Waals surface area (Å²) in [6, 6.07) is 1.03. The zero-order valence-electron chi connectivity index (χ0n) is 14.0. The van der Waals surface area contributed by atoms with Crippen molar-refractivity contribution in [3.05, 3.63) is 23.5 Å². The fourth-order valence-electron chi connectivity index (χ4n) is 2.79. The molecule has 1 unspecified atom stereocenters. The van der Waals surface area contributed by atoms with E-state index in [4.69, 9.17) is 4.74 Å². The average Bonchev–Trinajstić information content (AvgIpc) is 2.89. The van der Waals surface area contributed by atoms with Crippen molar-refractivity contribution >= 4 is 17.8 Å². The summed E-state index contributed by atoms with van der Waals surface area (Å²) in [7, 11) is 2.97. The van der Waals surface area contributed by atoms with E-state index >= 15 is 0 Å². The van der Waals surface area contributed by atoms with E-state index in [1.807, 2.05) is 13.8 Å². The molecule has 2 heterocycles. The first-order valence-corrected chi connectivity index (χ1v) is 7.68. The van der Waals surface area contributed by atoms with Crippen LogP contribution in [0.2, 0.25) is 0 Å². The van der Waals surface area contributed by atoms with Gasteiger partial charge in [-0.1, -0.05) is 13.8 Å². The van der Waals surface area contributed by atoms with Gasteiger partial charge < -0.3 is 19.5 Å². The second kappa shape index (κ2) is 6.85. The van der Waals surface area contributed by atoms with Gasteiger partial charge in [0.25, 0.3) is 5.91 Å². The molecule has 2 rings (SSSR count). The van der Waals surface area contributed by atoms with Gasteiger partial charge in [-0.05, 0) is 18.4 Å². The van der Waals surface area contributed by atoms with Crippen LogP contribution in [-0.2, 0) is 16.6 Å². The molecule has 0 aromatic carbocycles. The number of amides is 2. The normalized spacial score (nSPS) is 18.0. The number of rotatable bonds is 4. The number of hydrogen-bond acceptors (Lipinski definition) is 4. The molecule has 1 atom stereocenters. The third-order valence-corrected chi connectivity index (χ3v) is 3.93. The highest BCUT2D eigenvalue weighted by Crippen LogP contribution is 2.19.